The number of fused-ring (bicyclic) bond motifs is 1. The van der Waals surface area contributed by atoms with Crippen LogP contribution in [0.15, 0.2) is 54.9 Å². The Balaban J connectivity index is 1.23. The number of hydrogen-bond donors (Lipinski definition) is 1. The largest absolute Gasteiger partial charge is 0.493 e. The number of hydrogen-bond acceptors (Lipinski definition) is 8. The van der Waals surface area contributed by atoms with Gasteiger partial charge in [0.05, 0.1) is 44.2 Å². The number of ether oxygens (including phenoxy) is 3. The number of rotatable bonds is 10. The molecule has 2 aromatic heterocycles. The predicted molar refractivity (Wildman–Crippen MR) is 139 cm³/mol. The quantitative estimate of drug-likeness (QED) is 0.337. The van der Waals surface area contributed by atoms with E-state index in [1.165, 1.54) is 5.56 Å². The monoisotopic (exact) mass is 488 g/mol. The Morgan fingerprint density at radius 1 is 1.06 bits per heavy atom. The van der Waals surface area contributed by atoms with Crippen LogP contribution in [0.2, 0.25) is 0 Å². The highest BCUT2D eigenvalue weighted by Crippen LogP contribution is 2.28. The first-order valence-corrected chi connectivity index (χ1v) is 12.3. The van der Waals surface area contributed by atoms with E-state index in [-0.39, 0.29) is 0 Å². The van der Waals surface area contributed by atoms with Crippen molar-refractivity contribution in [1.82, 2.24) is 24.6 Å². The lowest BCUT2D eigenvalue weighted by molar-refractivity contribution is 0.0357. The summed E-state index contributed by atoms with van der Waals surface area (Å²) < 4.78 is 18.8. The number of morpholine rings is 1. The standard InChI is InChI=1S/C27H32N6O3/c1-20-5-3-6-23(15-20)33-26-22(19-30-33)18-29-27(31-26)28-17-21-7-8-24(34-2)25(16-21)36-12-4-9-32-10-13-35-14-11-32/h3,5-8,15-16,18-19H,4,9-14,17H2,1-2H3,(H,28,29,31). The summed E-state index contributed by atoms with van der Waals surface area (Å²) in [5.74, 6) is 2.01. The van der Waals surface area contributed by atoms with E-state index in [9.17, 15) is 0 Å². The molecule has 0 bridgehead atoms. The zero-order valence-corrected chi connectivity index (χ0v) is 20.8. The minimum Gasteiger partial charge on any atom is -0.493 e. The lowest BCUT2D eigenvalue weighted by atomic mass is 10.2. The van der Waals surface area contributed by atoms with Crippen LogP contribution in [0, 0.1) is 6.92 Å². The predicted octanol–water partition coefficient (Wildman–Crippen LogP) is 3.85. The van der Waals surface area contributed by atoms with Crippen molar-refractivity contribution in [2.24, 2.45) is 0 Å². The molecule has 1 saturated heterocycles. The molecule has 1 N–H and O–H groups in total. The van der Waals surface area contributed by atoms with Crippen LogP contribution in [0.3, 0.4) is 0 Å². The zero-order valence-electron chi connectivity index (χ0n) is 20.8. The van der Waals surface area contributed by atoms with Crippen molar-refractivity contribution >= 4 is 17.0 Å². The maximum absolute atomic E-state index is 6.08. The van der Waals surface area contributed by atoms with Crippen molar-refractivity contribution < 1.29 is 14.2 Å². The van der Waals surface area contributed by atoms with E-state index in [2.05, 4.69) is 39.4 Å². The second-order valence-corrected chi connectivity index (χ2v) is 8.86. The fraction of sp³-hybridized carbons (Fsp3) is 0.370. The Labute approximate surface area is 211 Å². The average molecular weight is 489 g/mol. The molecular formula is C27H32N6O3. The van der Waals surface area contributed by atoms with E-state index in [0.717, 1.165) is 73.1 Å². The van der Waals surface area contributed by atoms with Gasteiger partial charge in [-0.1, -0.05) is 18.2 Å². The lowest BCUT2D eigenvalue weighted by Gasteiger charge is -2.26. The van der Waals surface area contributed by atoms with Gasteiger partial charge in [-0.3, -0.25) is 4.90 Å². The molecule has 1 aliphatic rings. The molecule has 4 aromatic rings. The van der Waals surface area contributed by atoms with Gasteiger partial charge >= 0.3 is 0 Å². The van der Waals surface area contributed by atoms with Gasteiger partial charge in [0.2, 0.25) is 5.95 Å². The molecule has 9 nitrogen and oxygen atoms in total. The molecule has 0 unspecified atom stereocenters. The van der Waals surface area contributed by atoms with E-state index in [1.807, 2.05) is 35.0 Å². The zero-order chi connectivity index (χ0) is 24.7. The maximum Gasteiger partial charge on any atom is 0.224 e. The molecule has 2 aromatic carbocycles. The molecule has 36 heavy (non-hydrogen) atoms. The first-order chi connectivity index (χ1) is 17.7. The van der Waals surface area contributed by atoms with E-state index in [1.54, 1.807) is 19.5 Å². The van der Waals surface area contributed by atoms with Gasteiger partial charge in [0.15, 0.2) is 17.1 Å². The smallest absolute Gasteiger partial charge is 0.224 e. The highest BCUT2D eigenvalue weighted by Gasteiger charge is 2.12. The van der Waals surface area contributed by atoms with E-state index < -0.39 is 0 Å². The maximum atomic E-state index is 6.08. The Morgan fingerprint density at radius 3 is 2.78 bits per heavy atom. The number of anilines is 1. The molecular weight excluding hydrogens is 456 g/mol. The van der Waals surface area contributed by atoms with Crippen molar-refractivity contribution in [3.8, 4) is 17.2 Å². The third-order valence-corrected chi connectivity index (χ3v) is 6.21. The van der Waals surface area contributed by atoms with Crippen molar-refractivity contribution in [2.75, 3.05) is 51.9 Å². The highest BCUT2D eigenvalue weighted by atomic mass is 16.5. The lowest BCUT2D eigenvalue weighted by Crippen LogP contribution is -2.37. The number of nitrogens with one attached hydrogen (secondary N) is 1. The van der Waals surface area contributed by atoms with Crippen molar-refractivity contribution in [2.45, 2.75) is 19.9 Å². The summed E-state index contributed by atoms with van der Waals surface area (Å²) in [5.41, 5.74) is 3.95. The van der Waals surface area contributed by atoms with Crippen molar-refractivity contribution in [1.29, 1.82) is 0 Å². The molecule has 0 amide bonds. The third-order valence-electron chi connectivity index (χ3n) is 6.21. The van der Waals surface area contributed by atoms with Crippen LogP contribution in [0.1, 0.15) is 17.5 Å². The summed E-state index contributed by atoms with van der Waals surface area (Å²) in [7, 11) is 1.66. The number of nitrogens with zero attached hydrogens (tertiary/aromatic N) is 5. The Hall–Kier alpha value is -3.69. The highest BCUT2D eigenvalue weighted by molar-refractivity contribution is 5.76. The van der Waals surface area contributed by atoms with Crippen LogP contribution < -0.4 is 14.8 Å². The van der Waals surface area contributed by atoms with Gasteiger partial charge in [0.25, 0.3) is 0 Å². The molecule has 1 fully saturated rings. The summed E-state index contributed by atoms with van der Waals surface area (Å²) in [6, 6.07) is 14.2. The molecule has 3 heterocycles. The first kappa shape index (κ1) is 24.0. The fourth-order valence-corrected chi connectivity index (χ4v) is 4.27. The summed E-state index contributed by atoms with van der Waals surface area (Å²) in [4.78, 5) is 11.6. The average Bonchev–Trinajstić information content (AvgIpc) is 3.34. The number of aryl methyl sites for hydroxylation is 1. The van der Waals surface area contributed by atoms with Crippen LogP contribution in [0.5, 0.6) is 11.5 Å². The van der Waals surface area contributed by atoms with Gasteiger partial charge in [-0.15, -0.1) is 0 Å². The van der Waals surface area contributed by atoms with Crippen LogP contribution in [-0.2, 0) is 11.3 Å². The molecule has 9 heteroatoms. The molecule has 0 saturated carbocycles. The van der Waals surface area contributed by atoms with Crippen LogP contribution in [-0.4, -0.2) is 71.2 Å². The third kappa shape index (κ3) is 5.75. The summed E-state index contributed by atoms with van der Waals surface area (Å²) in [5, 5.41) is 8.73. The molecule has 188 valence electrons. The van der Waals surface area contributed by atoms with Crippen LogP contribution in [0.4, 0.5) is 5.95 Å². The molecule has 5 rings (SSSR count). The number of aromatic nitrogens is 4. The molecule has 0 radical (unpaired) electrons. The fourth-order valence-electron chi connectivity index (χ4n) is 4.27. The van der Waals surface area contributed by atoms with E-state index in [4.69, 9.17) is 19.2 Å². The van der Waals surface area contributed by atoms with Crippen molar-refractivity contribution in [3.05, 3.63) is 66.0 Å². The van der Waals surface area contributed by atoms with Gasteiger partial charge in [-0.25, -0.2) is 9.67 Å². The van der Waals surface area contributed by atoms with Crippen LogP contribution >= 0.6 is 0 Å². The van der Waals surface area contributed by atoms with Crippen LogP contribution in [0.25, 0.3) is 16.7 Å². The Morgan fingerprint density at radius 2 is 1.94 bits per heavy atom. The number of benzene rings is 2. The van der Waals surface area contributed by atoms with E-state index in [0.29, 0.717) is 19.1 Å². The summed E-state index contributed by atoms with van der Waals surface area (Å²) in [6.45, 7) is 7.86. The van der Waals surface area contributed by atoms with Gasteiger partial charge in [0, 0.05) is 32.4 Å². The normalized spacial score (nSPS) is 14.2. The first-order valence-electron chi connectivity index (χ1n) is 12.3. The molecule has 0 spiro atoms. The summed E-state index contributed by atoms with van der Waals surface area (Å²) >= 11 is 0. The summed E-state index contributed by atoms with van der Waals surface area (Å²) in [6.07, 6.45) is 4.53. The second kappa shape index (κ2) is 11.4. The topological polar surface area (TPSA) is 86.6 Å². The SMILES string of the molecule is COc1ccc(CNc2ncc3cnn(-c4cccc(C)c4)c3n2)cc1OCCCN1CCOCC1. The van der Waals surface area contributed by atoms with Gasteiger partial charge in [-0.05, 0) is 48.7 Å². The van der Waals surface area contributed by atoms with Gasteiger partial charge in [-0.2, -0.15) is 10.1 Å². The number of methoxy groups -OCH3 is 1. The molecule has 1 aliphatic heterocycles. The Kier molecular flexibility index (Phi) is 7.58. The van der Waals surface area contributed by atoms with Gasteiger partial charge < -0.3 is 19.5 Å². The minimum absolute atomic E-state index is 0.542. The van der Waals surface area contributed by atoms with E-state index >= 15 is 0 Å². The molecule has 0 aliphatic carbocycles. The molecule has 0 atom stereocenters. The second-order valence-electron chi connectivity index (χ2n) is 8.86. The minimum atomic E-state index is 0.542. The van der Waals surface area contributed by atoms with Gasteiger partial charge in [0.1, 0.15) is 0 Å². The Bertz CT molecular complexity index is 1300. The van der Waals surface area contributed by atoms with Crippen molar-refractivity contribution in [3.63, 3.8) is 0 Å².